The highest BCUT2D eigenvalue weighted by atomic mass is 16.5. The Hall–Kier alpha value is -2.02. The second-order valence-corrected chi connectivity index (χ2v) is 9.63. The molecule has 2 fully saturated rings. The van der Waals surface area contributed by atoms with E-state index in [0.29, 0.717) is 22.8 Å². The summed E-state index contributed by atoms with van der Waals surface area (Å²) in [6, 6.07) is 2.44. The number of ether oxygens (including phenoxy) is 1. The minimum atomic E-state index is -0.486. The number of allylic oxidation sites excluding steroid dienone is 2. The molecule has 0 amide bonds. The molecule has 0 bridgehead atoms. The number of carbonyl (C=O) groups is 1. The van der Waals surface area contributed by atoms with E-state index in [1.54, 1.807) is 0 Å². The Morgan fingerprint density at radius 2 is 1.92 bits per heavy atom. The van der Waals surface area contributed by atoms with E-state index in [1.807, 2.05) is 0 Å². The van der Waals surface area contributed by atoms with Gasteiger partial charge in [-0.3, -0.25) is 4.79 Å². The van der Waals surface area contributed by atoms with E-state index in [1.165, 1.54) is 18.6 Å². The van der Waals surface area contributed by atoms with Gasteiger partial charge >= 0.3 is 0 Å². The molecule has 1 N–H and O–H groups in total. The van der Waals surface area contributed by atoms with Crippen LogP contribution in [0.25, 0.3) is 0 Å². The molecule has 0 spiro atoms. The molecule has 4 aliphatic rings. The third kappa shape index (κ3) is 2.16. The van der Waals surface area contributed by atoms with Crippen molar-refractivity contribution in [1.82, 2.24) is 0 Å². The first kappa shape index (κ1) is 17.4. The highest BCUT2D eigenvalue weighted by Gasteiger charge is 2.62. The van der Waals surface area contributed by atoms with Gasteiger partial charge in [-0.2, -0.15) is 5.26 Å². The van der Waals surface area contributed by atoms with E-state index in [0.717, 1.165) is 25.7 Å². The molecule has 0 unspecified atom stereocenters. The molecule has 2 saturated carbocycles. The lowest BCUT2D eigenvalue weighted by Gasteiger charge is -2.63. The Kier molecular flexibility index (Phi) is 3.51. The molecule has 3 aliphatic carbocycles. The van der Waals surface area contributed by atoms with Gasteiger partial charge in [-0.25, -0.2) is 0 Å². The van der Waals surface area contributed by atoms with Gasteiger partial charge in [0.25, 0.3) is 0 Å². The van der Waals surface area contributed by atoms with Crippen molar-refractivity contribution in [3.05, 3.63) is 34.8 Å². The van der Waals surface area contributed by atoms with E-state index in [2.05, 4.69) is 33.8 Å². The molecule has 4 nitrogen and oxygen atoms in total. The molecule has 0 radical (unpaired) electrons. The van der Waals surface area contributed by atoms with E-state index in [9.17, 15) is 15.2 Å². The van der Waals surface area contributed by atoms with Crippen LogP contribution in [0.5, 0.6) is 0 Å². The van der Waals surface area contributed by atoms with E-state index in [-0.39, 0.29) is 22.5 Å². The molecule has 1 heterocycles. The van der Waals surface area contributed by atoms with Crippen molar-refractivity contribution in [2.75, 3.05) is 0 Å². The van der Waals surface area contributed by atoms with Crippen LogP contribution in [0.15, 0.2) is 34.8 Å². The Morgan fingerprint density at radius 1 is 1.19 bits per heavy atom. The minimum Gasteiger partial charge on any atom is -0.504 e. The number of carbonyl (C=O) groups excluding carboxylic acids is 1. The largest absolute Gasteiger partial charge is 0.504 e. The molecule has 0 aromatic rings. The lowest BCUT2D eigenvalue weighted by Crippen LogP contribution is -2.60. The third-order valence-electron chi connectivity index (χ3n) is 7.58. The van der Waals surface area contributed by atoms with Gasteiger partial charge in [0.1, 0.15) is 11.4 Å². The van der Waals surface area contributed by atoms with Crippen LogP contribution in [0.1, 0.15) is 59.8 Å². The van der Waals surface area contributed by atoms with Crippen molar-refractivity contribution in [1.29, 1.82) is 5.26 Å². The normalized spacial score (nSPS) is 41.0. The summed E-state index contributed by atoms with van der Waals surface area (Å²) in [5.41, 5.74) is 1.01. The predicted octanol–water partition coefficient (Wildman–Crippen LogP) is 4.75. The van der Waals surface area contributed by atoms with Gasteiger partial charge in [-0.1, -0.05) is 27.2 Å². The number of aliphatic hydroxyl groups excluding tert-OH is 1. The zero-order chi connectivity index (χ0) is 18.9. The molecular weight excluding hydrogens is 326 g/mol. The smallest absolute Gasteiger partial charge is 0.223 e. The molecule has 0 saturated heterocycles. The zero-order valence-electron chi connectivity index (χ0n) is 16.1. The minimum absolute atomic E-state index is 0.0245. The summed E-state index contributed by atoms with van der Waals surface area (Å²) in [5, 5.41) is 20.0. The average molecular weight is 353 g/mol. The maximum Gasteiger partial charge on any atom is 0.223 e. The molecule has 26 heavy (non-hydrogen) atoms. The summed E-state index contributed by atoms with van der Waals surface area (Å²) in [4.78, 5) is 11.9. The Bertz CT molecular complexity index is 825. The van der Waals surface area contributed by atoms with Crippen LogP contribution in [0.2, 0.25) is 0 Å². The molecule has 4 heteroatoms. The second kappa shape index (κ2) is 5.25. The van der Waals surface area contributed by atoms with Crippen LogP contribution in [-0.2, 0) is 9.53 Å². The topological polar surface area (TPSA) is 70.3 Å². The van der Waals surface area contributed by atoms with Crippen molar-refractivity contribution in [2.45, 2.75) is 65.4 Å². The maximum absolute atomic E-state index is 11.9. The van der Waals surface area contributed by atoms with Gasteiger partial charge in [0.2, 0.25) is 5.78 Å². The van der Waals surface area contributed by atoms with Crippen LogP contribution >= 0.6 is 0 Å². The number of fused-ring (bicyclic) bond motifs is 4. The molecule has 0 aromatic heterocycles. The van der Waals surface area contributed by atoms with Crippen molar-refractivity contribution >= 4 is 5.78 Å². The molecule has 0 aromatic carbocycles. The van der Waals surface area contributed by atoms with Crippen LogP contribution in [0.4, 0.5) is 0 Å². The Balaban J connectivity index is 1.93. The molecule has 4 rings (SSSR count). The van der Waals surface area contributed by atoms with E-state index in [4.69, 9.17) is 4.74 Å². The fraction of sp³-hybridized carbons (Fsp3) is 0.636. The fourth-order valence-electron chi connectivity index (χ4n) is 6.63. The van der Waals surface area contributed by atoms with Gasteiger partial charge in [-0.05, 0) is 55.4 Å². The fourth-order valence-corrected chi connectivity index (χ4v) is 6.63. The number of nitrogens with zero attached hydrogens (tertiary/aromatic N) is 1. The van der Waals surface area contributed by atoms with Gasteiger partial charge in [0.05, 0.1) is 6.07 Å². The van der Waals surface area contributed by atoms with Crippen molar-refractivity contribution < 1.29 is 14.6 Å². The summed E-state index contributed by atoms with van der Waals surface area (Å²) >= 11 is 0. The maximum atomic E-state index is 11.9. The van der Waals surface area contributed by atoms with Gasteiger partial charge in [-0.15, -0.1) is 0 Å². The highest BCUT2D eigenvalue weighted by molar-refractivity contribution is 6.05. The lowest BCUT2D eigenvalue weighted by molar-refractivity contribution is -0.165. The number of aliphatic hydroxyl groups is 1. The van der Waals surface area contributed by atoms with Gasteiger partial charge in [0, 0.05) is 23.1 Å². The number of ketones is 1. The molecular formula is C22H27NO3. The number of rotatable bonds is 0. The summed E-state index contributed by atoms with van der Waals surface area (Å²) in [6.07, 6.45) is 8.17. The zero-order valence-corrected chi connectivity index (χ0v) is 16.1. The third-order valence-corrected chi connectivity index (χ3v) is 7.58. The first-order valence-electron chi connectivity index (χ1n) is 9.63. The average Bonchev–Trinajstić information content (AvgIpc) is 2.53. The molecule has 1 aliphatic heterocycles. The number of hydrogen-bond acceptors (Lipinski definition) is 4. The van der Waals surface area contributed by atoms with E-state index < -0.39 is 11.4 Å². The van der Waals surface area contributed by atoms with Crippen LogP contribution in [-0.4, -0.2) is 16.5 Å². The SMILES string of the molecule is CC1(C)CCC[C@@]2(C)[C@H]1CC[C@]1(C)OC3=CC(=O)C(O)=CC3=C(C#N)[C@@H]21. The summed E-state index contributed by atoms with van der Waals surface area (Å²) in [6.45, 7) is 9.14. The first-order valence-corrected chi connectivity index (χ1v) is 9.63. The van der Waals surface area contributed by atoms with E-state index >= 15 is 0 Å². The summed E-state index contributed by atoms with van der Waals surface area (Å²) in [7, 11) is 0. The Morgan fingerprint density at radius 3 is 2.62 bits per heavy atom. The summed E-state index contributed by atoms with van der Waals surface area (Å²) in [5.74, 6) is 0.178. The van der Waals surface area contributed by atoms with Gasteiger partial charge in [0.15, 0.2) is 5.76 Å². The number of nitriles is 1. The molecule has 138 valence electrons. The number of hydrogen-bond donors (Lipinski definition) is 1. The van der Waals surface area contributed by atoms with Crippen LogP contribution < -0.4 is 0 Å². The van der Waals surface area contributed by atoms with Crippen molar-refractivity contribution in [2.24, 2.45) is 22.7 Å². The van der Waals surface area contributed by atoms with Crippen molar-refractivity contribution in [3.63, 3.8) is 0 Å². The summed E-state index contributed by atoms with van der Waals surface area (Å²) < 4.78 is 6.39. The predicted molar refractivity (Wildman–Crippen MR) is 97.9 cm³/mol. The van der Waals surface area contributed by atoms with Gasteiger partial charge < -0.3 is 9.84 Å². The monoisotopic (exact) mass is 353 g/mol. The quantitative estimate of drug-likeness (QED) is 0.682. The standard InChI is InChI=1S/C22H27NO3/c1-20(2)7-5-8-21(3)18(20)6-9-22(4)19(21)14(12-23)13-10-15(24)16(25)11-17(13)26-22/h10-11,18-19,24H,5-9H2,1-4H3/t18-,19-,21-,22-/m0/s1. The van der Waals surface area contributed by atoms with Crippen LogP contribution in [0.3, 0.4) is 0 Å². The Labute approximate surface area is 155 Å². The lowest BCUT2D eigenvalue weighted by atomic mass is 9.44. The van der Waals surface area contributed by atoms with Crippen LogP contribution in [0, 0.1) is 34.0 Å². The first-order chi connectivity index (χ1) is 12.1. The molecule has 4 atom stereocenters. The van der Waals surface area contributed by atoms with Crippen molar-refractivity contribution in [3.8, 4) is 6.07 Å². The highest BCUT2D eigenvalue weighted by Crippen LogP contribution is 2.66. The second-order valence-electron chi connectivity index (χ2n) is 9.63.